The number of aliphatic hydroxyl groups is 1. The van der Waals surface area contributed by atoms with Crippen molar-refractivity contribution in [1.29, 1.82) is 0 Å². The van der Waals surface area contributed by atoms with Gasteiger partial charge in [-0.15, -0.1) is 0 Å². The van der Waals surface area contributed by atoms with Crippen LogP contribution in [0, 0.1) is 6.92 Å². The van der Waals surface area contributed by atoms with E-state index in [9.17, 15) is 13.2 Å². The third-order valence-electron chi connectivity index (χ3n) is 3.16. The van der Waals surface area contributed by atoms with Gasteiger partial charge in [0.1, 0.15) is 11.0 Å². The molecule has 0 aliphatic rings. The van der Waals surface area contributed by atoms with E-state index in [2.05, 4.69) is 9.97 Å². The molecule has 0 saturated heterocycles. The third-order valence-corrected chi connectivity index (χ3v) is 6.27. The summed E-state index contributed by atoms with van der Waals surface area (Å²) in [5, 5.41) is 9.28. The Morgan fingerprint density at radius 3 is 2.78 bits per heavy atom. The molecule has 0 saturated carbocycles. The van der Waals surface area contributed by atoms with Crippen molar-refractivity contribution in [3.63, 3.8) is 0 Å². The molecule has 0 atom stereocenters. The van der Waals surface area contributed by atoms with Crippen LogP contribution in [-0.4, -0.2) is 34.0 Å². The number of aromatic nitrogens is 3. The Morgan fingerprint density at radius 1 is 1.39 bits per heavy atom. The lowest BCUT2D eigenvalue weighted by molar-refractivity contribution is 0.358. The average Bonchev–Trinajstić information content (AvgIpc) is 2.95. The van der Waals surface area contributed by atoms with Gasteiger partial charge in [-0.25, -0.2) is 18.4 Å². The van der Waals surface area contributed by atoms with Crippen LogP contribution in [0.4, 0.5) is 0 Å². The van der Waals surface area contributed by atoms with Gasteiger partial charge >= 0.3 is 0 Å². The van der Waals surface area contributed by atoms with Crippen LogP contribution >= 0.6 is 22.9 Å². The summed E-state index contributed by atoms with van der Waals surface area (Å²) in [5.74, 6) is -1.08. The van der Waals surface area contributed by atoms with Crippen LogP contribution in [0.5, 0.6) is 0 Å². The zero-order chi connectivity index (χ0) is 16.8. The van der Waals surface area contributed by atoms with Crippen LogP contribution < -0.4 is 5.56 Å². The first-order valence-corrected chi connectivity index (χ1v) is 9.17. The molecule has 0 radical (unpaired) electrons. The minimum Gasteiger partial charge on any atom is -0.380 e. The Hall–Kier alpha value is -1.81. The Labute approximate surface area is 139 Å². The highest BCUT2D eigenvalue weighted by Gasteiger charge is 2.21. The molecule has 2 aromatic heterocycles. The van der Waals surface area contributed by atoms with Gasteiger partial charge in [0.2, 0.25) is 14.2 Å². The topological polar surface area (TPSA) is 102 Å². The monoisotopic (exact) mass is 371 g/mol. The van der Waals surface area contributed by atoms with E-state index in [1.807, 2.05) is 0 Å². The van der Waals surface area contributed by atoms with E-state index in [0.29, 0.717) is 22.0 Å². The highest BCUT2D eigenvalue weighted by molar-refractivity contribution is 7.93. The smallest absolute Gasteiger partial charge is 0.277 e. The van der Waals surface area contributed by atoms with Gasteiger partial charge in [0.25, 0.3) is 5.56 Å². The van der Waals surface area contributed by atoms with E-state index in [4.69, 9.17) is 16.7 Å². The molecule has 2 heterocycles. The molecule has 0 spiro atoms. The number of hydrogen-bond donors (Lipinski definition) is 1. The molecule has 0 aliphatic carbocycles. The Bertz CT molecular complexity index is 1050. The predicted octanol–water partition coefficient (Wildman–Crippen LogP) is 1.53. The fraction of sp³-hybridized carbons (Fsp3) is 0.154. The molecular weight excluding hydrogens is 362 g/mol. The first-order valence-electron chi connectivity index (χ1n) is 6.32. The summed E-state index contributed by atoms with van der Waals surface area (Å²) in [6, 6.07) is 5.21. The molecule has 1 N–H and O–H groups in total. The molecular formula is C13H10ClN3O4S2. The maximum atomic E-state index is 12.6. The normalized spacial score (nSPS) is 12.0. The summed E-state index contributed by atoms with van der Waals surface area (Å²) in [5.41, 5.74) is 0.804. The molecule has 120 valence electrons. The van der Waals surface area contributed by atoms with Gasteiger partial charge in [-0.2, -0.15) is 0 Å². The number of thiazole rings is 1. The minimum absolute atomic E-state index is 0.0213. The first-order chi connectivity index (χ1) is 10.8. The Morgan fingerprint density at radius 2 is 2.13 bits per heavy atom. The standard InChI is InChI=1S/C13H10ClN3O4S2/c1-7-3-2-4-8(14)9(7)17-5-15-11-10(12(17)19)22-13(16-11)23(20,21)6-18/h2-5,18H,6H2,1H3. The van der Waals surface area contributed by atoms with Gasteiger partial charge in [0.05, 0.1) is 10.7 Å². The molecule has 23 heavy (non-hydrogen) atoms. The van der Waals surface area contributed by atoms with Crippen LogP contribution in [0.2, 0.25) is 5.02 Å². The summed E-state index contributed by atoms with van der Waals surface area (Å²) in [4.78, 5) is 20.5. The second-order valence-corrected chi connectivity index (χ2v) is 8.24. The van der Waals surface area contributed by atoms with Crippen LogP contribution in [-0.2, 0) is 9.84 Å². The number of para-hydroxylation sites is 1. The van der Waals surface area contributed by atoms with Crippen LogP contribution in [0.1, 0.15) is 5.56 Å². The van der Waals surface area contributed by atoms with Crippen molar-refractivity contribution in [1.82, 2.24) is 14.5 Å². The van der Waals surface area contributed by atoms with Crippen molar-refractivity contribution in [3.8, 4) is 5.69 Å². The summed E-state index contributed by atoms with van der Waals surface area (Å²) < 4.78 is 24.4. The van der Waals surface area contributed by atoms with Crippen LogP contribution in [0.15, 0.2) is 33.7 Å². The summed E-state index contributed by atoms with van der Waals surface area (Å²) in [6.45, 7) is 1.80. The Balaban J connectivity index is 2.31. The molecule has 0 fully saturated rings. The number of fused-ring (bicyclic) bond motifs is 1. The van der Waals surface area contributed by atoms with Gasteiger partial charge < -0.3 is 5.11 Å². The molecule has 0 unspecified atom stereocenters. The lowest BCUT2D eigenvalue weighted by Gasteiger charge is -2.10. The fourth-order valence-electron chi connectivity index (χ4n) is 2.07. The van der Waals surface area contributed by atoms with Crippen LogP contribution in [0.25, 0.3) is 16.0 Å². The molecule has 0 bridgehead atoms. The number of sulfone groups is 1. The number of nitrogens with zero attached hydrogens (tertiary/aromatic N) is 3. The largest absolute Gasteiger partial charge is 0.380 e. The summed E-state index contributed by atoms with van der Waals surface area (Å²) in [6.07, 6.45) is 1.26. The van der Waals surface area contributed by atoms with Crippen molar-refractivity contribution in [2.24, 2.45) is 0 Å². The van der Waals surface area contributed by atoms with Crippen molar-refractivity contribution in [2.75, 3.05) is 5.94 Å². The van der Waals surface area contributed by atoms with E-state index in [-0.39, 0.29) is 14.7 Å². The lowest BCUT2D eigenvalue weighted by Crippen LogP contribution is -2.19. The summed E-state index contributed by atoms with van der Waals surface area (Å²) >= 11 is 6.84. The summed E-state index contributed by atoms with van der Waals surface area (Å²) in [7, 11) is -3.92. The maximum Gasteiger partial charge on any atom is 0.277 e. The van der Waals surface area contributed by atoms with Gasteiger partial charge in [-0.3, -0.25) is 9.36 Å². The van der Waals surface area contributed by atoms with E-state index in [1.165, 1.54) is 10.9 Å². The van der Waals surface area contributed by atoms with E-state index in [1.54, 1.807) is 25.1 Å². The zero-order valence-corrected chi connectivity index (χ0v) is 14.1. The third kappa shape index (κ3) is 2.65. The van der Waals surface area contributed by atoms with E-state index < -0.39 is 21.3 Å². The van der Waals surface area contributed by atoms with Gasteiger partial charge in [-0.05, 0) is 18.6 Å². The maximum absolute atomic E-state index is 12.6. The highest BCUT2D eigenvalue weighted by Crippen LogP contribution is 2.25. The quantitative estimate of drug-likeness (QED) is 0.749. The van der Waals surface area contributed by atoms with Gasteiger partial charge in [-0.1, -0.05) is 35.1 Å². The van der Waals surface area contributed by atoms with E-state index >= 15 is 0 Å². The molecule has 7 nitrogen and oxygen atoms in total. The number of aliphatic hydroxyl groups excluding tert-OH is 1. The molecule has 0 amide bonds. The number of hydrogen-bond acceptors (Lipinski definition) is 7. The second kappa shape index (κ2) is 5.68. The van der Waals surface area contributed by atoms with Crippen molar-refractivity contribution >= 4 is 43.1 Å². The molecule has 10 heteroatoms. The van der Waals surface area contributed by atoms with Crippen molar-refractivity contribution in [3.05, 3.63) is 45.5 Å². The zero-order valence-electron chi connectivity index (χ0n) is 11.7. The van der Waals surface area contributed by atoms with E-state index in [0.717, 1.165) is 5.56 Å². The number of benzene rings is 1. The van der Waals surface area contributed by atoms with Crippen molar-refractivity contribution in [2.45, 2.75) is 11.3 Å². The van der Waals surface area contributed by atoms with Gasteiger partial charge in [0, 0.05) is 0 Å². The number of halogens is 1. The molecule has 3 rings (SSSR count). The molecule has 1 aromatic carbocycles. The first kappa shape index (κ1) is 16.1. The highest BCUT2D eigenvalue weighted by atomic mass is 35.5. The average molecular weight is 372 g/mol. The predicted molar refractivity (Wildman–Crippen MR) is 87.0 cm³/mol. The minimum atomic E-state index is -3.92. The lowest BCUT2D eigenvalue weighted by atomic mass is 10.2. The van der Waals surface area contributed by atoms with Crippen LogP contribution in [0.3, 0.4) is 0 Å². The Kier molecular flexibility index (Phi) is 3.96. The molecule has 3 aromatic rings. The van der Waals surface area contributed by atoms with Crippen molar-refractivity contribution < 1.29 is 13.5 Å². The molecule has 0 aliphatic heterocycles. The number of rotatable bonds is 3. The second-order valence-electron chi connectivity index (χ2n) is 4.70. The van der Waals surface area contributed by atoms with Gasteiger partial charge in [0.15, 0.2) is 11.6 Å². The SMILES string of the molecule is Cc1cccc(Cl)c1-n1cnc2nc(S(=O)(=O)CO)sc2c1=O. The fourth-order valence-corrected chi connectivity index (χ4v) is 4.32. The number of aryl methyl sites for hydroxylation is 1.